The molecular formula is C7H18NPW. The third kappa shape index (κ3) is 4.83. The van der Waals surface area contributed by atoms with Crippen LogP contribution in [0.15, 0.2) is 0 Å². The van der Waals surface area contributed by atoms with Crippen LogP contribution in [0.4, 0.5) is 0 Å². The predicted molar refractivity (Wildman–Crippen MR) is 46.4 cm³/mol. The van der Waals surface area contributed by atoms with Crippen LogP contribution in [0.5, 0.6) is 0 Å². The van der Waals surface area contributed by atoms with Gasteiger partial charge in [-0.15, -0.1) is 0 Å². The molecule has 0 N–H and O–H groups in total. The first-order valence-corrected chi connectivity index (χ1v) is 5.00. The maximum absolute atomic E-state index is 2.49. The Kier molecular flexibility index (Phi) is 9.24. The van der Waals surface area contributed by atoms with E-state index in [0.717, 1.165) is 8.73 Å². The summed E-state index contributed by atoms with van der Waals surface area (Å²) in [6.45, 7) is 11.2. The van der Waals surface area contributed by atoms with Crippen LogP contribution in [0.25, 0.3) is 0 Å². The van der Waals surface area contributed by atoms with E-state index in [-0.39, 0.29) is 21.1 Å². The number of rotatable bonds is 3. The molecule has 0 aliphatic carbocycles. The van der Waals surface area contributed by atoms with Crippen LogP contribution in [0, 0.1) is 0 Å². The number of hydrogen-bond donors (Lipinski definition) is 0. The zero-order chi connectivity index (χ0) is 7.44. The van der Waals surface area contributed by atoms with E-state index in [4.69, 9.17) is 0 Å². The van der Waals surface area contributed by atoms with Crippen molar-refractivity contribution in [1.82, 2.24) is 4.67 Å². The van der Waals surface area contributed by atoms with E-state index in [1.54, 1.807) is 0 Å². The molecule has 0 radical (unpaired) electrons. The molecule has 0 spiro atoms. The number of nitrogens with zero attached hydrogens (tertiary/aromatic N) is 1. The molecule has 0 aromatic carbocycles. The second kappa shape index (κ2) is 6.77. The Hall–Kier alpha value is 1.08. The first kappa shape index (κ1) is 13.7. The van der Waals surface area contributed by atoms with Gasteiger partial charge in [0.2, 0.25) is 0 Å². The second-order valence-electron chi connectivity index (χ2n) is 2.82. The summed E-state index contributed by atoms with van der Waals surface area (Å²) in [6, 6.07) is 1.40. The Balaban J connectivity index is 0. The summed E-state index contributed by atoms with van der Waals surface area (Å²) < 4.78 is 2.49. The molecular weight excluding hydrogens is 313 g/mol. The van der Waals surface area contributed by atoms with Crippen LogP contribution in [0.2, 0.25) is 0 Å². The molecule has 0 rings (SSSR count). The van der Waals surface area contributed by atoms with Gasteiger partial charge in [-0.05, 0) is 34.4 Å². The summed E-state index contributed by atoms with van der Waals surface area (Å²) >= 11 is 0. The van der Waals surface area contributed by atoms with Crippen LogP contribution in [0.3, 0.4) is 0 Å². The van der Waals surface area contributed by atoms with Crippen LogP contribution in [-0.4, -0.2) is 23.4 Å². The van der Waals surface area contributed by atoms with E-state index in [0.29, 0.717) is 12.1 Å². The molecule has 1 atom stereocenters. The summed E-state index contributed by atoms with van der Waals surface area (Å²) in [6.07, 6.45) is 0. The molecule has 0 fully saturated rings. The van der Waals surface area contributed by atoms with Gasteiger partial charge >= 0.3 is 0 Å². The molecule has 0 heterocycles. The molecule has 62 valence electrons. The van der Waals surface area contributed by atoms with Gasteiger partial charge in [0.25, 0.3) is 0 Å². The van der Waals surface area contributed by atoms with E-state index >= 15 is 0 Å². The van der Waals surface area contributed by atoms with Gasteiger partial charge in [-0.3, -0.25) is 4.67 Å². The molecule has 3 heteroatoms. The molecule has 1 nitrogen and oxygen atoms in total. The number of hydrogen-bond acceptors (Lipinski definition) is 1. The summed E-state index contributed by atoms with van der Waals surface area (Å²) in [5.41, 5.74) is 0. The molecule has 0 saturated carbocycles. The first-order chi connectivity index (χ1) is 4.09. The largest absolute Gasteiger partial charge is 0.280 e. The molecule has 10 heavy (non-hydrogen) atoms. The Morgan fingerprint density at radius 2 is 1.30 bits per heavy atom. The van der Waals surface area contributed by atoms with E-state index in [2.05, 4.69) is 39.0 Å². The minimum absolute atomic E-state index is 0. The predicted octanol–water partition coefficient (Wildman–Crippen LogP) is 2.33. The van der Waals surface area contributed by atoms with Gasteiger partial charge in [0.15, 0.2) is 0 Å². The fourth-order valence-electron chi connectivity index (χ4n) is 1.11. The SMILES string of the molecule is CPN(C(C)C)C(C)C.[W]. The van der Waals surface area contributed by atoms with Gasteiger partial charge in [-0.1, -0.05) is 8.73 Å². The van der Waals surface area contributed by atoms with Crippen molar-refractivity contribution in [3.05, 3.63) is 0 Å². The summed E-state index contributed by atoms with van der Waals surface area (Å²) in [7, 11) is 0.943. The average Bonchev–Trinajstić information content (AvgIpc) is 1.64. The summed E-state index contributed by atoms with van der Waals surface area (Å²) in [5, 5.41) is 0. The third-order valence-electron chi connectivity index (χ3n) is 1.37. The van der Waals surface area contributed by atoms with Gasteiger partial charge in [-0.25, -0.2) is 0 Å². The van der Waals surface area contributed by atoms with E-state index < -0.39 is 0 Å². The zero-order valence-corrected chi connectivity index (χ0v) is 11.4. The van der Waals surface area contributed by atoms with Crippen molar-refractivity contribution in [3.8, 4) is 0 Å². The van der Waals surface area contributed by atoms with Crippen molar-refractivity contribution < 1.29 is 21.1 Å². The van der Waals surface area contributed by atoms with Crippen LogP contribution in [-0.2, 0) is 21.1 Å². The van der Waals surface area contributed by atoms with Crippen molar-refractivity contribution in [2.45, 2.75) is 39.8 Å². The van der Waals surface area contributed by atoms with Crippen molar-refractivity contribution in [3.63, 3.8) is 0 Å². The molecule has 0 bridgehead atoms. The van der Waals surface area contributed by atoms with Crippen molar-refractivity contribution in [2.24, 2.45) is 0 Å². The topological polar surface area (TPSA) is 3.24 Å². The standard InChI is InChI=1S/C7H18NP.W/c1-6(2)8(9-5)7(3)4;/h6-7,9H,1-5H3;. The van der Waals surface area contributed by atoms with Crippen LogP contribution >= 0.6 is 8.73 Å². The zero-order valence-electron chi connectivity index (χ0n) is 7.51. The Morgan fingerprint density at radius 3 is 1.30 bits per heavy atom. The van der Waals surface area contributed by atoms with Gasteiger partial charge in [0.1, 0.15) is 0 Å². The fourth-order valence-corrected chi connectivity index (χ4v) is 2.15. The normalized spacial score (nSPS) is 12.0. The average molecular weight is 331 g/mol. The van der Waals surface area contributed by atoms with E-state index in [1.165, 1.54) is 0 Å². The van der Waals surface area contributed by atoms with E-state index in [9.17, 15) is 0 Å². The molecule has 0 aromatic heterocycles. The van der Waals surface area contributed by atoms with E-state index in [1.807, 2.05) is 0 Å². The molecule has 0 aromatic rings. The third-order valence-corrected chi connectivity index (χ3v) is 2.92. The minimum atomic E-state index is 0. The van der Waals surface area contributed by atoms with Crippen molar-refractivity contribution in [1.29, 1.82) is 0 Å². The molecule has 1 unspecified atom stereocenters. The van der Waals surface area contributed by atoms with Crippen LogP contribution in [0.1, 0.15) is 27.7 Å². The Labute approximate surface area is 81.0 Å². The molecule has 0 aliphatic rings. The van der Waals surface area contributed by atoms with Crippen LogP contribution < -0.4 is 0 Å². The Morgan fingerprint density at radius 1 is 1.00 bits per heavy atom. The fraction of sp³-hybridized carbons (Fsp3) is 1.00. The van der Waals surface area contributed by atoms with Crippen molar-refractivity contribution >= 4 is 8.73 Å². The molecule has 0 saturated heterocycles. The molecule has 0 amide bonds. The van der Waals surface area contributed by atoms with Gasteiger partial charge in [-0.2, -0.15) is 0 Å². The van der Waals surface area contributed by atoms with Crippen molar-refractivity contribution in [2.75, 3.05) is 6.66 Å². The summed E-state index contributed by atoms with van der Waals surface area (Å²) in [5.74, 6) is 0. The summed E-state index contributed by atoms with van der Waals surface area (Å²) in [4.78, 5) is 0. The Bertz CT molecular complexity index is 68.0. The quantitative estimate of drug-likeness (QED) is 0.718. The minimum Gasteiger partial charge on any atom is -0.280 e. The molecule has 0 aliphatic heterocycles. The smallest absolute Gasteiger partial charge is 0.00778 e. The monoisotopic (exact) mass is 331 g/mol. The van der Waals surface area contributed by atoms with Gasteiger partial charge < -0.3 is 0 Å². The van der Waals surface area contributed by atoms with Gasteiger partial charge in [0.05, 0.1) is 0 Å². The second-order valence-corrected chi connectivity index (χ2v) is 3.78. The van der Waals surface area contributed by atoms with Gasteiger partial charge in [0, 0.05) is 33.1 Å². The first-order valence-electron chi connectivity index (χ1n) is 3.55. The maximum Gasteiger partial charge on any atom is 0.00778 e. The maximum atomic E-state index is 2.49.